The Morgan fingerprint density at radius 1 is 0.842 bits per heavy atom. The number of hydrogen-bond donors (Lipinski definition) is 0. The first kappa shape index (κ1) is 12.7. The molecule has 102 valence electrons. The molecule has 1 aromatic carbocycles. The molecule has 0 nitrogen and oxygen atoms in total. The fourth-order valence-electron chi connectivity index (χ4n) is 5.80. The molecule has 4 aliphatic rings. The third-order valence-electron chi connectivity index (χ3n) is 6.14. The molecule has 2 unspecified atom stereocenters. The van der Waals surface area contributed by atoms with E-state index in [0.717, 1.165) is 16.0 Å². The maximum absolute atomic E-state index is 2.61. The highest BCUT2D eigenvalue weighted by molar-refractivity contribution is 8.02. The zero-order valence-corrected chi connectivity index (χ0v) is 15.7. The topological polar surface area (TPSA) is 0 Å². The Balaban J connectivity index is 1.69. The molecular formula is C16H24SSi2. The summed E-state index contributed by atoms with van der Waals surface area (Å²) in [6, 6.07) is 11.1. The number of rotatable bonds is 4. The molecule has 4 saturated carbocycles. The highest BCUT2D eigenvalue weighted by Gasteiger charge is 3.30. The lowest BCUT2D eigenvalue weighted by Crippen LogP contribution is -2.26. The zero-order chi connectivity index (χ0) is 13.9. The largest absolute Gasteiger partial charge is 0.118 e. The van der Waals surface area contributed by atoms with Gasteiger partial charge < -0.3 is 0 Å². The van der Waals surface area contributed by atoms with Gasteiger partial charge in [-0.15, -0.1) is 11.8 Å². The minimum atomic E-state index is -1.03. The van der Waals surface area contributed by atoms with Crippen LogP contribution in [0.15, 0.2) is 35.2 Å². The second-order valence-electron chi connectivity index (χ2n) is 8.70. The van der Waals surface area contributed by atoms with E-state index in [1.54, 1.807) is 0 Å². The Kier molecular flexibility index (Phi) is 1.98. The van der Waals surface area contributed by atoms with Gasteiger partial charge in [-0.3, -0.25) is 0 Å². The van der Waals surface area contributed by atoms with Crippen molar-refractivity contribution in [3.63, 3.8) is 0 Å². The summed E-state index contributed by atoms with van der Waals surface area (Å²) in [5.41, 5.74) is 0. The Morgan fingerprint density at radius 2 is 1.32 bits per heavy atom. The van der Waals surface area contributed by atoms with Crippen molar-refractivity contribution in [3.8, 4) is 0 Å². The van der Waals surface area contributed by atoms with Crippen molar-refractivity contribution in [2.24, 2.45) is 5.92 Å². The van der Waals surface area contributed by atoms with E-state index >= 15 is 0 Å². The highest BCUT2D eigenvalue weighted by Crippen LogP contribution is 3.36. The molecule has 4 fully saturated rings. The van der Waals surface area contributed by atoms with Gasteiger partial charge in [0.2, 0.25) is 0 Å². The van der Waals surface area contributed by atoms with E-state index in [9.17, 15) is 0 Å². The maximum Gasteiger partial charge on any atom is 0.0532 e. The predicted octanol–water partition coefficient (Wildman–Crippen LogP) is 5.33. The van der Waals surface area contributed by atoms with Gasteiger partial charge in [0, 0.05) is 9.64 Å². The fraction of sp³-hybridized carbons (Fsp3) is 0.625. The van der Waals surface area contributed by atoms with Crippen LogP contribution in [0.3, 0.4) is 0 Å². The van der Waals surface area contributed by atoms with Crippen LogP contribution in [0, 0.1) is 5.92 Å². The smallest absolute Gasteiger partial charge is 0.0532 e. The number of hydrogen-bond acceptors (Lipinski definition) is 1. The minimum absolute atomic E-state index is 0.705. The first-order valence-corrected chi connectivity index (χ1v) is 15.3. The summed E-state index contributed by atoms with van der Waals surface area (Å²) in [4.78, 5) is 1.50. The molecule has 1 aromatic rings. The average Bonchev–Trinajstić information content (AvgIpc) is 3.12. The summed E-state index contributed by atoms with van der Waals surface area (Å²) in [5, 5.41) is 1.66. The van der Waals surface area contributed by atoms with E-state index in [-0.39, 0.29) is 0 Å². The zero-order valence-electron chi connectivity index (χ0n) is 12.9. The molecule has 0 radical (unpaired) electrons. The van der Waals surface area contributed by atoms with Gasteiger partial charge in [-0.2, -0.15) is 0 Å². The first-order valence-electron chi connectivity index (χ1n) is 7.43. The van der Waals surface area contributed by atoms with Crippen LogP contribution in [-0.2, 0) is 0 Å². The molecule has 19 heavy (non-hydrogen) atoms. The summed E-state index contributed by atoms with van der Waals surface area (Å²) in [5.74, 6) is 1.11. The number of benzene rings is 1. The lowest BCUT2D eigenvalue weighted by molar-refractivity contribution is 1.27. The summed E-state index contributed by atoms with van der Waals surface area (Å²) >= 11 is 2.24. The van der Waals surface area contributed by atoms with Gasteiger partial charge >= 0.3 is 0 Å². The molecule has 0 aromatic heterocycles. The van der Waals surface area contributed by atoms with E-state index in [1.165, 1.54) is 4.90 Å². The summed E-state index contributed by atoms with van der Waals surface area (Å²) in [6.45, 7) is 15.7. The molecule has 4 aliphatic carbocycles. The lowest BCUT2D eigenvalue weighted by Gasteiger charge is -2.20. The van der Waals surface area contributed by atoms with Crippen LogP contribution >= 0.6 is 11.8 Å². The fourth-order valence-corrected chi connectivity index (χ4v) is 20.8. The molecule has 0 aliphatic heterocycles. The average molecular weight is 305 g/mol. The minimum Gasteiger partial charge on any atom is -0.118 e. The first-order chi connectivity index (χ1) is 8.69. The summed E-state index contributed by atoms with van der Waals surface area (Å²) in [6.07, 6.45) is 0. The van der Waals surface area contributed by atoms with Gasteiger partial charge in [0.05, 0.1) is 16.1 Å². The molecule has 0 saturated heterocycles. The molecule has 5 rings (SSSR count). The molecule has 0 spiro atoms. The van der Waals surface area contributed by atoms with Crippen molar-refractivity contribution in [3.05, 3.63) is 30.3 Å². The normalized spacial score (nSPS) is 45.7. The van der Waals surface area contributed by atoms with Crippen molar-refractivity contribution in [2.75, 3.05) is 0 Å². The molecule has 2 atom stereocenters. The molecule has 0 amide bonds. The highest BCUT2D eigenvalue weighted by atomic mass is 32.2. The van der Waals surface area contributed by atoms with Crippen molar-refractivity contribution < 1.29 is 0 Å². The van der Waals surface area contributed by atoms with Gasteiger partial charge in [0.25, 0.3) is 0 Å². The maximum atomic E-state index is 2.61. The standard InChI is InChI=1S/C16H24SSi2/c1-18(2,3)15-13-14(15,16(13,15)19(4,5)6)17-12-10-8-7-9-11-12/h7-11,13H,1-6H3. The van der Waals surface area contributed by atoms with E-state index in [2.05, 4.69) is 81.4 Å². The molecule has 0 bridgehead atoms. The van der Waals surface area contributed by atoms with Gasteiger partial charge in [-0.1, -0.05) is 57.5 Å². The van der Waals surface area contributed by atoms with Gasteiger partial charge in [0.15, 0.2) is 0 Å². The van der Waals surface area contributed by atoms with Crippen LogP contribution in [-0.4, -0.2) is 20.9 Å². The second kappa shape index (κ2) is 2.95. The monoisotopic (exact) mass is 304 g/mol. The quantitative estimate of drug-likeness (QED) is 0.677. The van der Waals surface area contributed by atoms with Crippen LogP contribution in [0.5, 0.6) is 0 Å². The Bertz CT molecular complexity index is 541. The van der Waals surface area contributed by atoms with E-state index in [1.807, 2.05) is 0 Å². The van der Waals surface area contributed by atoms with E-state index in [4.69, 9.17) is 0 Å². The van der Waals surface area contributed by atoms with Gasteiger partial charge in [-0.25, -0.2) is 0 Å². The summed E-state index contributed by atoms with van der Waals surface area (Å²) in [7, 11) is -2.06. The predicted molar refractivity (Wildman–Crippen MR) is 90.6 cm³/mol. The van der Waals surface area contributed by atoms with Gasteiger partial charge in [0.1, 0.15) is 0 Å². The van der Waals surface area contributed by atoms with Crippen molar-refractivity contribution in [1.29, 1.82) is 0 Å². The van der Waals surface area contributed by atoms with Crippen molar-refractivity contribution in [1.82, 2.24) is 0 Å². The van der Waals surface area contributed by atoms with Crippen LogP contribution in [0.2, 0.25) is 49.4 Å². The van der Waals surface area contributed by atoms with Crippen LogP contribution < -0.4 is 0 Å². The Hall–Kier alpha value is 0.00377. The molecule has 0 heterocycles. The third kappa shape index (κ3) is 0.997. The molecule has 3 heteroatoms. The number of thioether (sulfide) groups is 1. The summed E-state index contributed by atoms with van der Waals surface area (Å²) < 4.78 is 0.705. The molecule has 0 N–H and O–H groups in total. The second-order valence-corrected chi connectivity index (χ2v) is 20.6. The van der Waals surface area contributed by atoms with Crippen LogP contribution in [0.4, 0.5) is 0 Å². The van der Waals surface area contributed by atoms with Gasteiger partial charge in [-0.05, 0) is 28.1 Å². The van der Waals surface area contributed by atoms with Crippen molar-refractivity contribution >= 4 is 27.9 Å². The van der Waals surface area contributed by atoms with Crippen molar-refractivity contribution in [2.45, 2.75) is 59.0 Å². The van der Waals surface area contributed by atoms with E-state index < -0.39 is 16.1 Å². The SMILES string of the molecule is C[Si](C)(C)C12C3C1(Sc1ccccc1)C32[Si](C)(C)C. The van der Waals surface area contributed by atoms with Crippen LogP contribution in [0.25, 0.3) is 0 Å². The van der Waals surface area contributed by atoms with Crippen LogP contribution in [0.1, 0.15) is 0 Å². The van der Waals surface area contributed by atoms with E-state index in [0.29, 0.717) is 4.75 Å². The molecular weight excluding hydrogens is 280 g/mol. The Morgan fingerprint density at radius 3 is 1.68 bits per heavy atom. The third-order valence-corrected chi connectivity index (χ3v) is 15.4. The lowest BCUT2D eigenvalue weighted by atomic mass is 10.4. The Labute approximate surface area is 123 Å².